The van der Waals surface area contributed by atoms with Crippen molar-refractivity contribution in [1.82, 2.24) is 20.2 Å². The van der Waals surface area contributed by atoms with Crippen LogP contribution in [0.15, 0.2) is 79.3 Å². The molecule has 0 saturated carbocycles. The van der Waals surface area contributed by atoms with Crippen molar-refractivity contribution in [2.45, 2.75) is 25.0 Å². The number of amides is 2. The number of benzene rings is 2. The van der Waals surface area contributed by atoms with Gasteiger partial charge in [-0.2, -0.15) is 0 Å². The number of hydrogen-bond donors (Lipinski definition) is 1. The van der Waals surface area contributed by atoms with Gasteiger partial charge in [-0.3, -0.25) is 0 Å². The van der Waals surface area contributed by atoms with Crippen LogP contribution in [0.25, 0.3) is 0 Å². The number of carbonyl (C=O) groups is 1. The monoisotopic (exact) mass is 388 g/mol. The molecule has 0 atom stereocenters. The normalized spacial score (nSPS) is 14.6. The predicted molar refractivity (Wildman–Crippen MR) is 111 cm³/mol. The Hall–Kier alpha value is -3.41. The van der Waals surface area contributed by atoms with E-state index in [0.717, 1.165) is 24.0 Å². The summed E-state index contributed by atoms with van der Waals surface area (Å²) in [5, 5.41) is 3.21. The van der Waals surface area contributed by atoms with Crippen LogP contribution in [-0.4, -0.2) is 40.1 Å². The minimum absolute atomic E-state index is 0.0526. The number of nitrogens with zero attached hydrogens (tertiary/aromatic N) is 3. The van der Waals surface area contributed by atoms with Gasteiger partial charge in [0.1, 0.15) is 12.4 Å². The Bertz CT molecular complexity index is 858. The molecule has 2 aromatic carbocycles. The summed E-state index contributed by atoms with van der Waals surface area (Å²) >= 11 is 0. The maximum absolute atomic E-state index is 13.0. The summed E-state index contributed by atoms with van der Waals surface area (Å²) in [5.41, 5.74) is 2.13. The second-order valence-electron chi connectivity index (χ2n) is 7.06. The third kappa shape index (κ3) is 4.90. The molecule has 1 aliphatic heterocycles. The van der Waals surface area contributed by atoms with E-state index in [-0.39, 0.29) is 18.2 Å². The van der Waals surface area contributed by atoms with E-state index in [1.54, 1.807) is 12.3 Å². The molecule has 0 spiro atoms. The van der Waals surface area contributed by atoms with Gasteiger partial charge in [0.15, 0.2) is 0 Å². The SMILES string of the molecule is O=C(NC(c1ccccc1)c1ccccc1)N1CCC(Oc2ccncn2)CC1. The minimum atomic E-state index is -0.181. The number of piperidine rings is 1. The fraction of sp³-hybridized carbons (Fsp3) is 0.261. The highest BCUT2D eigenvalue weighted by Gasteiger charge is 2.26. The van der Waals surface area contributed by atoms with Crippen LogP contribution in [0.1, 0.15) is 30.0 Å². The summed E-state index contributed by atoms with van der Waals surface area (Å²) < 4.78 is 5.89. The highest BCUT2D eigenvalue weighted by atomic mass is 16.5. The molecule has 0 aliphatic carbocycles. The zero-order valence-electron chi connectivity index (χ0n) is 16.1. The summed E-state index contributed by atoms with van der Waals surface area (Å²) in [6.07, 6.45) is 4.76. The Morgan fingerprint density at radius 1 is 0.966 bits per heavy atom. The second-order valence-corrected chi connectivity index (χ2v) is 7.06. The number of carbonyl (C=O) groups excluding carboxylic acids is 1. The summed E-state index contributed by atoms with van der Waals surface area (Å²) in [4.78, 5) is 22.8. The van der Waals surface area contributed by atoms with Gasteiger partial charge < -0.3 is 15.0 Å². The van der Waals surface area contributed by atoms with E-state index in [4.69, 9.17) is 4.74 Å². The van der Waals surface area contributed by atoms with Gasteiger partial charge in [0.05, 0.1) is 6.04 Å². The van der Waals surface area contributed by atoms with E-state index >= 15 is 0 Å². The van der Waals surface area contributed by atoms with Crippen molar-refractivity contribution in [2.75, 3.05) is 13.1 Å². The van der Waals surface area contributed by atoms with Crippen LogP contribution < -0.4 is 10.1 Å². The van der Waals surface area contributed by atoms with Crippen molar-refractivity contribution >= 4 is 6.03 Å². The first-order valence-corrected chi connectivity index (χ1v) is 9.87. The standard InChI is InChI=1S/C23H24N4O2/c28-23(27-15-12-20(13-16-27)29-21-11-14-24-17-25-21)26-22(18-7-3-1-4-8-18)19-9-5-2-6-10-19/h1-11,14,17,20,22H,12-13,15-16H2,(H,26,28). The van der Waals surface area contributed by atoms with Crippen LogP contribution in [0, 0.1) is 0 Å². The fourth-order valence-corrected chi connectivity index (χ4v) is 3.56. The number of likely N-dealkylation sites (tertiary alicyclic amines) is 1. The molecule has 1 fully saturated rings. The molecule has 1 aromatic heterocycles. The van der Waals surface area contributed by atoms with E-state index < -0.39 is 0 Å². The van der Waals surface area contributed by atoms with Crippen LogP contribution in [0.4, 0.5) is 4.79 Å². The molecule has 2 amide bonds. The average Bonchev–Trinajstić information content (AvgIpc) is 2.80. The molecule has 0 radical (unpaired) electrons. The Kier molecular flexibility index (Phi) is 6.00. The molecule has 1 saturated heterocycles. The molecule has 6 nitrogen and oxygen atoms in total. The van der Waals surface area contributed by atoms with Gasteiger partial charge in [0.25, 0.3) is 0 Å². The second kappa shape index (κ2) is 9.19. The number of nitrogens with one attached hydrogen (secondary N) is 1. The van der Waals surface area contributed by atoms with E-state index in [1.807, 2.05) is 65.6 Å². The van der Waals surface area contributed by atoms with E-state index in [2.05, 4.69) is 15.3 Å². The van der Waals surface area contributed by atoms with Crippen molar-refractivity contribution in [1.29, 1.82) is 0 Å². The lowest BCUT2D eigenvalue weighted by molar-refractivity contribution is 0.106. The highest BCUT2D eigenvalue weighted by molar-refractivity contribution is 5.75. The van der Waals surface area contributed by atoms with Crippen LogP contribution >= 0.6 is 0 Å². The van der Waals surface area contributed by atoms with E-state index in [9.17, 15) is 4.79 Å². The molecule has 2 heterocycles. The molecule has 0 bridgehead atoms. The summed E-state index contributed by atoms with van der Waals surface area (Å²) in [7, 11) is 0. The molecule has 1 aliphatic rings. The minimum Gasteiger partial charge on any atom is -0.474 e. The van der Waals surface area contributed by atoms with Crippen molar-refractivity contribution in [3.8, 4) is 5.88 Å². The molecule has 4 rings (SSSR count). The van der Waals surface area contributed by atoms with Crippen molar-refractivity contribution in [3.05, 3.63) is 90.4 Å². The maximum Gasteiger partial charge on any atom is 0.318 e. The van der Waals surface area contributed by atoms with E-state index in [0.29, 0.717) is 19.0 Å². The number of ether oxygens (including phenoxy) is 1. The predicted octanol–water partition coefficient (Wildman–Crippen LogP) is 3.82. The Balaban J connectivity index is 1.39. The molecule has 148 valence electrons. The first-order chi connectivity index (χ1) is 14.3. The third-order valence-corrected chi connectivity index (χ3v) is 5.11. The molecule has 6 heteroatoms. The summed E-state index contributed by atoms with van der Waals surface area (Å²) in [6, 6.07) is 21.6. The van der Waals surface area contributed by atoms with Crippen molar-refractivity contribution in [2.24, 2.45) is 0 Å². The molecule has 0 unspecified atom stereocenters. The van der Waals surface area contributed by atoms with Crippen LogP contribution in [0.3, 0.4) is 0 Å². The van der Waals surface area contributed by atoms with Gasteiger partial charge in [0.2, 0.25) is 5.88 Å². The van der Waals surface area contributed by atoms with Crippen molar-refractivity contribution in [3.63, 3.8) is 0 Å². The zero-order chi connectivity index (χ0) is 19.9. The first kappa shape index (κ1) is 18.9. The van der Waals surface area contributed by atoms with Gasteiger partial charge >= 0.3 is 6.03 Å². The smallest absolute Gasteiger partial charge is 0.318 e. The molecule has 1 N–H and O–H groups in total. The molecule has 29 heavy (non-hydrogen) atoms. The number of rotatable bonds is 5. The largest absolute Gasteiger partial charge is 0.474 e. The average molecular weight is 388 g/mol. The van der Waals surface area contributed by atoms with Crippen LogP contribution in [0.2, 0.25) is 0 Å². The fourth-order valence-electron chi connectivity index (χ4n) is 3.56. The lowest BCUT2D eigenvalue weighted by Gasteiger charge is -2.33. The van der Waals surface area contributed by atoms with Crippen molar-refractivity contribution < 1.29 is 9.53 Å². The third-order valence-electron chi connectivity index (χ3n) is 5.11. The molecular formula is C23H24N4O2. The lowest BCUT2D eigenvalue weighted by Crippen LogP contribution is -2.47. The van der Waals surface area contributed by atoms with Gasteiger partial charge in [0, 0.05) is 38.2 Å². The lowest BCUT2D eigenvalue weighted by atomic mass is 9.99. The zero-order valence-corrected chi connectivity index (χ0v) is 16.1. The number of hydrogen-bond acceptors (Lipinski definition) is 4. The summed E-state index contributed by atoms with van der Waals surface area (Å²) in [5.74, 6) is 0.580. The van der Waals surface area contributed by atoms with Gasteiger partial charge in [-0.25, -0.2) is 14.8 Å². The quantitative estimate of drug-likeness (QED) is 0.722. The molecular weight excluding hydrogens is 364 g/mol. The Morgan fingerprint density at radius 2 is 1.59 bits per heavy atom. The van der Waals surface area contributed by atoms with Crippen LogP contribution in [0.5, 0.6) is 5.88 Å². The number of urea groups is 1. The van der Waals surface area contributed by atoms with E-state index in [1.165, 1.54) is 6.33 Å². The van der Waals surface area contributed by atoms with Crippen LogP contribution in [-0.2, 0) is 0 Å². The maximum atomic E-state index is 13.0. The number of aromatic nitrogens is 2. The summed E-state index contributed by atoms with van der Waals surface area (Å²) in [6.45, 7) is 1.30. The Labute approximate surface area is 170 Å². The Morgan fingerprint density at radius 3 is 2.14 bits per heavy atom. The highest BCUT2D eigenvalue weighted by Crippen LogP contribution is 2.23. The van der Waals surface area contributed by atoms with Gasteiger partial charge in [-0.1, -0.05) is 60.7 Å². The van der Waals surface area contributed by atoms with Gasteiger partial charge in [-0.15, -0.1) is 0 Å². The molecule has 3 aromatic rings. The topological polar surface area (TPSA) is 67.4 Å². The van der Waals surface area contributed by atoms with Gasteiger partial charge in [-0.05, 0) is 11.1 Å². The first-order valence-electron chi connectivity index (χ1n) is 9.87.